The first kappa shape index (κ1) is 15.5. The molecule has 1 unspecified atom stereocenters. The first-order valence-electron chi connectivity index (χ1n) is 6.00. The predicted molar refractivity (Wildman–Crippen MR) is 77.1 cm³/mol. The molecule has 0 saturated carbocycles. The minimum atomic E-state index is -2.87. The second-order valence-electron chi connectivity index (χ2n) is 4.58. The molecule has 102 valence electrons. The number of benzene rings is 1. The number of hydrogen-bond donors (Lipinski definition) is 1. The van der Waals surface area contributed by atoms with Crippen molar-refractivity contribution in [3.8, 4) is 0 Å². The van der Waals surface area contributed by atoms with E-state index >= 15 is 0 Å². The number of hydrogen-bond acceptors (Lipinski definition) is 3. The molecule has 0 spiro atoms. The zero-order valence-corrected chi connectivity index (χ0v) is 12.4. The molecular weight excluding hydrogens is 270 g/mol. The second-order valence-corrected chi connectivity index (χ2v) is 7.28. The van der Waals surface area contributed by atoms with Gasteiger partial charge in [0.1, 0.15) is 9.84 Å². The zero-order valence-electron chi connectivity index (χ0n) is 10.8. The predicted octanol–water partition coefficient (Wildman–Crippen LogP) is 2.47. The van der Waals surface area contributed by atoms with E-state index in [2.05, 4.69) is 5.32 Å². The van der Waals surface area contributed by atoms with Gasteiger partial charge in [-0.1, -0.05) is 23.7 Å². The summed E-state index contributed by atoms with van der Waals surface area (Å²) in [6, 6.07) is 7.76. The molecule has 0 fully saturated rings. The summed E-state index contributed by atoms with van der Waals surface area (Å²) in [4.78, 5) is 0. The Hall–Kier alpha value is -0.580. The third-order valence-electron chi connectivity index (χ3n) is 2.84. The molecule has 0 amide bonds. The van der Waals surface area contributed by atoms with Gasteiger partial charge in [-0.25, -0.2) is 8.42 Å². The van der Waals surface area contributed by atoms with E-state index in [4.69, 9.17) is 11.6 Å². The number of nitrogens with one attached hydrogen (secondary N) is 1. The molecule has 0 aromatic heterocycles. The van der Waals surface area contributed by atoms with E-state index in [1.807, 2.05) is 31.3 Å². The molecular formula is C13H20ClNO2S. The molecule has 0 bridgehead atoms. The summed E-state index contributed by atoms with van der Waals surface area (Å²) in [7, 11) is -0.975. The topological polar surface area (TPSA) is 46.2 Å². The summed E-state index contributed by atoms with van der Waals surface area (Å²) in [6.07, 6.45) is 2.80. The molecule has 3 nitrogen and oxygen atoms in total. The molecule has 0 heterocycles. The Bertz CT molecular complexity index is 474. The number of sulfone groups is 1. The molecule has 1 atom stereocenters. The molecule has 0 saturated heterocycles. The maximum Gasteiger partial charge on any atom is 0.147 e. The monoisotopic (exact) mass is 289 g/mol. The van der Waals surface area contributed by atoms with Crippen LogP contribution >= 0.6 is 11.6 Å². The van der Waals surface area contributed by atoms with Crippen molar-refractivity contribution in [1.29, 1.82) is 0 Å². The van der Waals surface area contributed by atoms with E-state index in [0.717, 1.165) is 23.6 Å². The molecule has 0 aliphatic carbocycles. The number of rotatable bonds is 7. The van der Waals surface area contributed by atoms with Crippen LogP contribution in [0.4, 0.5) is 0 Å². The quantitative estimate of drug-likeness (QED) is 0.839. The van der Waals surface area contributed by atoms with E-state index in [0.29, 0.717) is 12.3 Å². The normalized spacial score (nSPS) is 13.5. The Labute approximate surface area is 114 Å². The fraction of sp³-hybridized carbons (Fsp3) is 0.538. The fourth-order valence-corrected chi connectivity index (χ4v) is 2.88. The molecule has 1 aromatic rings. The summed E-state index contributed by atoms with van der Waals surface area (Å²) >= 11 is 5.98. The number of halogens is 1. The maximum absolute atomic E-state index is 11.1. The van der Waals surface area contributed by atoms with Gasteiger partial charge in [0.05, 0.1) is 0 Å². The maximum atomic E-state index is 11.1. The molecule has 18 heavy (non-hydrogen) atoms. The Morgan fingerprint density at radius 2 is 2.11 bits per heavy atom. The molecule has 0 aliphatic heterocycles. The third kappa shape index (κ3) is 5.85. The van der Waals surface area contributed by atoms with Crippen LogP contribution in [0.3, 0.4) is 0 Å². The van der Waals surface area contributed by atoms with E-state index in [1.54, 1.807) is 0 Å². The van der Waals surface area contributed by atoms with Crippen LogP contribution in [0, 0.1) is 0 Å². The first-order valence-corrected chi connectivity index (χ1v) is 8.44. The van der Waals surface area contributed by atoms with Crippen LogP contribution in [-0.4, -0.2) is 34.0 Å². The van der Waals surface area contributed by atoms with Gasteiger partial charge in [-0.15, -0.1) is 0 Å². The van der Waals surface area contributed by atoms with Crippen molar-refractivity contribution in [2.24, 2.45) is 0 Å². The third-order valence-corrected chi connectivity index (χ3v) is 4.10. The molecule has 1 N–H and O–H groups in total. The highest BCUT2D eigenvalue weighted by Gasteiger charge is 2.12. The van der Waals surface area contributed by atoms with Gasteiger partial charge in [-0.05, 0) is 43.5 Å². The van der Waals surface area contributed by atoms with Gasteiger partial charge in [0, 0.05) is 23.6 Å². The molecule has 5 heteroatoms. The van der Waals surface area contributed by atoms with Crippen LogP contribution in [0.25, 0.3) is 0 Å². The van der Waals surface area contributed by atoms with Crippen molar-refractivity contribution in [3.05, 3.63) is 34.9 Å². The highest BCUT2D eigenvalue weighted by Crippen LogP contribution is 2.23. The van der Waals surface area contributed by atoms with Gasteiger partial charge in [0.15, 0.2) is 0 Å². The van der Waals surface area contributed by atoms with Gasteiger partial charge in [0.2, 0.25) is 0 Å². The minimum absolute atomic E-state index is 0.244. The summed E-state index contributed by atoms with van der Waals surface area (Å²) in [5, 5.41) is 3.86. The van der Waals surface area contributed by atoms with Crippen LogP contribution < -0.4 is 5.32 Å². The molecule has 0 aliphatic rings. The van der Waals surface area contributed by atoms with Crippen molar-refractivity contribution < 1.29 is 8.42 Å². The lowest BCUT2D eigenvalue weighted by Gasteiger charge is -2.17. The summed E-state index contributed by atoms with van der Waals surface area (Å²) in [5.74, 6) is 0.545. The van der Waals surface area contributed by atoms with Crippen LogP contribution in [0.5, 0.6) is 0 Å². The Balaban J connectivity index is 2.65. The average Bonchev–Trinajstić information content (AvgIpc) is 2.26. The summed E-state index contributed by atoms with van der Waals surface area (Å²) in [6.45, 7) is 0.824. The molecule has 1 aromatic carbocycles. The van der Waals surface area contributed by atoms with Crippen molar-refractivity contribution >= 4 is 21.4 Å². The Morgan fingerprint density at radius 1 is 1.39 bits per heavy atom. The van der Waals surface area contributed by atoms with Gasteiger partial charge < -0.3 is 5.32 Å². The SMILES string of the molecule is CNCC(CCCS(C)(=O)=O)c1cccc(Cl)c1. The van der Waals surface area contributed by atoms with Crippen LogP contribution in [0.1, 0.15) is 24.3 Å². The van der Waals surface area contributed by atoms with Crippen LogP contribution in [-0.2, 0) is 9.84 Å². The fourth-order valence-electron chi connectivity index (χ4n) is 1.99. The van der Waals surface area contributed by atoms with Gasteiger partial charge in [0.25, 0.3) is 0 Å². The average molecular weight is 290 g/mol. The lowest BCUT2D eigenvalue weighted by Crippen LogP contribution is -2.18. The Morgan fingerprint density at radius 3 is 2.67 bits per heavy atom. The first-order chi connectivity index (χ1) is 8.42. The van der Waals surface area contributed by atoms with Crippen LogP contribution in [0.2, 0.25) is 5.02 Å². The van der Waals surface area contributed by atoms with Crippen molar-refractivity contribution in [2.75, 3.05) is 25.6 Å². The lowest BCUT2D eigenvalue weighted by atomic mass is 9.94. The van der Waals surface area contributed by atoms with E-state index in [-0.39, 0.29) is 5.75 Å². The molecule has 1 rings (SSSR count). The molecule has 0 radical (unpaired) electrons. The van der Waals surface area contributed by atoms with Crippen molar-refractivity contribution in [1.82, 2.24) is 5.32 Å². The number of likely N-dealkylation sites (N-methyl/N-ethyl adjacent to an activating group) is 1. The van der Waals surface area contributed by atoms with Gasteiger partial charge >= 0.3 is 0 Å². The highest BCUT2D eigenvalue weighted by atomic mass is 35.5. The lowest BCUT2D eigenvalue weighted by molar-refractivity contribution is 0.564. The van der Waals surface area contributed by atoms with Crippen molar-refractivity contribution in [3.63, 3.8) is 0 Å². The van der Waals surface area contributed by atoms with Crippen molar-refractivity contribution in [2.45, 2.75) is 18.8 Å². The van der Waals surface area contributed by atoms with Gasteiger partial charge in [-0.2, -0.15) is 0 Å². The van der Waals surface area contributed by atoms with E-state index < -0.39 is 9.84 Å². The summed E-state index contributed by atoms with van der Waals surface area (Å²) in [5.41, 5.74) is 1.16. The van der Waals surface area contributed by atoms with E-state index in [1.165, 1.54) is 6.26 Å². The smallest absolute Gasteiger partial charge is 0.147 e. The second kappa shape index (κ2) is 7.12. The standard InChI is InChI=1S/C13H20ClNO2S/c1-15-10-12(6-4-8-18(2,16)17)11-5-3-7-13(14)9-11/h3,5,7,9,12,15H,4,6,8,10H2,1-2H3. The van der Waals surface area contributed by atoms with Gasteiger partial charge in [-0.3, -0.25) is 0 Å². The van der Waals surface area contributed by atoms with Crippen LogP contribution in [0.15, 0.2) is 24.3 Å². The Kier molecular flexibility index (Phi) is 6.12. The highest BCUT2D eigenvalue weighted by molar-refractivity contribution is 7.90. The zero-order chi connectivity index (χ0) is 13.6. The minimum Gasteiger partial charge on any atom is -0.319 e. The van der Waals surface area contributed by atoms with E-state index in [9.17, 15) is 8.42 Å². The summed E-state index contributed by atoms with van der Waals surface area (Å²) < 4.78 is 22.2. The largest absolute Gasteiger partial charge is 0.319 e.